The first-order valence-electron chi connectivity index (χ1n) is 4.54. The van der Waals surface area contributed by atoms with E-state index in [0.717, 1.165) is 5.56 Å². The normalized spacial score (nSPS) is 10.0. The number of H-pyrrole nitrogens is 1. The van der Waals surface area contributed by atoms with Crippen molar-refractivity contribution in [3.63, 3.8) is 0 Å². The highest BCUT2D eigenvalue weighted by Crippen LogP contribution is 2.11. The second-order valence-corrected chi connectivity index (χ2v) is 3.00. The molecule has 0 radical (unpaired) electrons. The number of rotatable bonds is 3. The quantitative estimate of drug-likeness (QED) is 0.702. The van der Waals surface area contributed by atoms with E-state index in [2.05, 4.69) is 25.5 Å². The zero-order valence-electron chi connectivity index (χ0n) is 8.21. The molecular formula is C9H9N5O2. The van der Waals surface area contributed by atoms with Gasteiger partial charge in [-0.1, -0.05) is 0 Å². The van der Waals surface area contributed by atoms with Crippen LogP contribution in [0, 0.1) is 0 Å². The summed E-state index contributed by atoms with van der Waals surface area (Å²) in [4.78, 5) is 18.3. The van der Waals surface area contributed by atoms with Gasteiger partial charge < -0.3 is 10.4 Å². The fourth-order valence-corrected chi connectivity index (χ4v) is 1.16. The van der Waals surface area contributed by atoms with E-state index in [1.807, 2.05) is 0 Å². The van der Waals surface area contributed by atoms with Crippen molar-refractivity contribution >= 4 is 6.09 Å². The number of carbonyl (C=O) groups is 1. The molecular weight excluding hydrogens is 210 g/mol. The minimum Gasteiger partial charge on any atom is -0.465 e. The summed E-state index contributed by atoms with van der Waals surface area (Å²) in [6, 6.07) is 3.55. The van der Waals surface area contributed by atoms with Crippen LogP contribution in [0.5, 0.6) is 0 Å². The van der Waals surface area contributed by atoms with Crippen LogP contribution in [0.15, 0.2) is 24.5 Å². The average molecular weight is 219 g/mol. The van der Waals surface area contributed by atoms with Crippen LogP contribution in [0.25, 0.3) is 11.4 Å². The van der Waals surface area contributed by atoms with Crippen molar-refractivity contribution in [1.82, 2.24) is 25.5 Å². The molecule has 82 valence electrons. The lowest BCUT2D eigenvalue weighted by Crippen LogP contribution is -2.20. The number of amides is 1. The third-order valence-electron chi connectivity index (χ3n) is 1.88. The Morgan fingerprint density at radius 2 is 2.19 bits per heavy atom. The highest BCUT2D eigenvalue weighted by molar-refractivity contribution is 5.64. The molecule has 7 heteroatoms. The topological polar surface area (TPSA) is 104 Å². The molecule has 0 saturated carbocycles. The maximum Gasteiger partial charge on any atom is 0.405 e. The lowest BCUT2D eigenvalue weighted by Gasteiger charge is -1.94. The third kappa shape index (κ3) is 2.32. The van der Waals surface area contributed by atoms with Gasteiger partial charge in [-0.05, 0) is 12.1 Å². The third-order valence-corrected chi connectivity index (χ3v) is 1.88. The number of hydrogen-bond donors (Lipinski definition) is 3. The van der Waals surface area contributed by atoms with Gasteiger partial charge in [0.2, 0.25) is 0 Å². The van der Waals surface area contributed by atoms with E-state index in [9.17, 15) is 4.79 Å². The molecule has 0 aliphatic carbocycles. The van der Waals surface area contributed by atoms with Crippen LogP contribution >= 0.6 is 0 Å². The molecule has 0 unspecified atom stereocenters. The smallest absolute Gasteiger partial charge is 0.405 e. The minimum absolute atomic E-state index is 0.105. The number of hydrogen-bond acceptors (Lipinski definition) is 4. The molecule has 16 heavy (non-hydrogen) atoms. The molecule has 2 aromatic rings. The first-order chi connectivity index (χ1) is 7.75. The predicted molar refractivity (Wildman–Crippen MR) is 54.5 cm³/mol. The van der Waals surface area contributed by atoms with Gasteiger partial charge >= 0.3 is 6.09 Å². The van der Waals surface area contributed by atoms with Crippen molar-refractivity contribution in [3.05, 3.63) is 30.4 Å². The number of aromatic nitrogens is 4. The minimum atomic E-state index is -1.10. The molecule has 2 aromatic heterocycles. The fraction of sp³-hybridized carbons (Fsp3) is 0.111. The summed E-state index contributed by atoms with van der Waals surface area (Å²) < 4.78 is 0. The number of pyridine rings is 1. The number of aromatic amines is 1. The highest BCUT2D eigenvalue weighted by atomic mass is 16.4. The van der Waals surface area contributed by atoms with Gasteiger partial charge in [-0.15, -0.1) is 0 Å². The van der Waals surface area contributed by atoms with E-state index in [1.165, 1.54) is 0 Å². The van der Waals surface area contributed by atoms with Crippen LogP contribution in [0.2, 0.25) is 0 Å². The monoisotopic (exact) mass is 219 g/mol. The molecule has 0 fully saturated rings. The first kappa shape index (κ1) is 10.1. The van der Waals surface area contributed by atoms with E-state index >= 15 is 0 Å². The molecule has 0 bridgehead atoms. The zero-order valence-corrected chi connectivity index (χ0v) is 8.21. The van der Waals surface area contributed by atoms with Crippen LogP contribution in [0.4, 0.5) is 4.79 Å². The molecule has 0 spiro atoms. The molecule has 7 nitrogen and oxygen atoms in total. The average Bonchev–Trinajstić information content (AvgIpc) is 2.76. The predicted octanol–water partition coefficient (Wildman–Crippen LogP) is 0.634. The first-order valence-corrected chi connectivity index (χ1v) is 4.54. The Labute approximate surface area is 90.6 Å². The number of nitrogens with one attached hydrogen (secondary N) is 2. The number of carboxylic acid groups (broad SMARTS) is 1. The summed E-state index contributed by atoms with van der Waals surface area (Å²) in [5.41, 5.74) is 0.827. The van der Waals surface area contributed by atoms with E-state index in [1.54, 1.807) is 24.5 Å². The second kappa shape index (κ2) is 4.39. The summed E-state index contributed by atoms with van der Waals surface area (Å²) in [5.74, 6) is 0.985. The molecule has 0 aliphatic heterocycles. The van der Waals surface area contributed by atoms with E-state index in [4.69, 9.17) is 5.11 Å². The van der Waals surface area contributed by atoms with E-state index in [-0.39, 0.29) is 6.54 Å². The Balaban J connectivity index is 2.11. The van der Waals surface area contributed by atoms with Crippen LogP contribution in [-0.4, -0.2) is 31.4 Å². The lowest BCUT2D eigenvalue weighted by atomic mass is 10.2. The molecule has 2 heterocycles. The van der Waals surface area contributed by atoms with E-state index < -0.39 is 6.09 Å². The molecule has 1 amide bonds. The van der Waals surface area contributed by atoms with Gasteiger partial charge in [-0.25, -0.2) is 9.78 Å². The SMILES string of the molecule is O=C(O)NCc1nc(-c2ccncc2)n[nH]1. The largest absolute Gasteiger partial charge is 0.465 e. The van der Waals surface area contributed by atoms with Crippen LogP contribution in [0.1, 0.15) is 5.82 Å². The van der Waals surface area contributed by atoms with Gasteiger partial charge in [-0.2, -0.15) is 5.10 Å². The Kier molecular flexibility index (Phi) is 2.77. The van der Waals surface area contributed by atoms with Crippen LogP contribution < -0.4 is 5.32 Å². The second-order valence-electron chi connectivity index (χ2n) is 3.00. The summed E-state index contributed by atoms with van der Waals surface area (Å²) in [6.45, 7) is 0.105. The van der Waals surface area contributed by atoms with Crippen molar-refractivity contribution in [2.75, 3.05) is 0 Å². The number of nitrogens with zero attached hydrogens (tertiary/aromatic N) is 3. The van der Waals surface area contributed by atoms with Crippen molar-refractivity contribution < 1.29 is 9.90 Å². The van der Waals surface area contributed by atoms with Crippen molar-refractivity contribution in [1.29, 1.82) is 0 Å². The Bertz CT molecular complexity index is 482. The maximum absolute atomic E-state index is 10.3. The summed E-state index contributed by atoms with van der Waals surface area (Å²) in [5, 5.41) is 17.2. The van der Waals surface area contributed by atoms with E-state index in [0.29, 0.717) is 11.6 Å². The molecule has 0 atom stereocenters. The molecule has 0 aliphatic rings. The standard InChI is InChI=1S/C9H9N5O2/c15-9(16)11-5-7-12-8(14-13-7)6-1-3-10-4-2-6/h1-4,11H,5H2,(H,15,16)(H,12,13,14). The maximum atomic E-state index is 10.3. The zero-order chi connectivity index (χ0) is 11.4. The van der Waals surface area contributed by atoms with Gasteiger partial charge in [-0.3, -0.25) is 10.1 Å². The summed E-state index contributed by atoms with van der Waals surface area (Å²) in [6.07, 6.45) is 2.18. The fourth-order valence-electron chi connectivity index (χ4n) is 1.16. The Morgan fingerprint density at radius 1 is 1.44 bits per heavy atom. The molecule has 0 aromatic carbocycles. The molecule has 2 rings (SSSR count). The van der Waals surface area contributed by atoms with Gasteiger partial charge in [0.15, 0.2) is 5.82 Å². The van der Waals surface area contributed by atoms with Gasteiger partial charge in [0.05, 0.1) is 6.54 Å². The highest BCUT2D eigenvalue weighted by Gasteiger charge is 2.05. The van der Waals surface area contributed by atoms with Crippen molar-refractivity contribution in [2.24, 2.45) is 0 Å². The molecule has 3 N–H and O–H groups in total. The van der Waals surface area contributed by atoms with Gasteiger partial charge in [0.25, 0.3) is 0 Å². The molecule has 0 saturated heterocycles. The van der Waals surface area contributed by atoms with Crippen LogP contribution in [0.3, 0.4) is 0 Å². The lowest BCUT2D eigenvalue weighted by molar-refractivity contribution is 0.193. The summed E-state index contributed by atoms with van der Waals surface area (Å²) in [7, 11) is 0. The summed E-state index contributed by atoms with van der Waals surface area (Å²) >= 11 is 0. The Morgan fingerprint density at radius 3 is 2.88 bits per heavy atom. The van der Waals surface area contributed by atoms with Gasteiger partial charge in [0, 0.05) is 18.0 Å². The van der Waals surface area contributed by atoms with Gasteiger partial charge in [0.1, 0.15) is 5.82 Å². The van der Waals surface area contributed by atoms with Crippen molar-refractivity contribution in [3.8, 4) is 11.4 Å². The Hall–Kier alpha value is -2.44. The van der Waals surface area contributed by atoms with Crippen LogP contribution in [-0.2, 0) is 6.54 Å². The van der Waals surface area contributed by atoms with Crippen molar-refractivity contribution in [2.45, 2.75) is 6.54 Å².